The van der Waals surface area contributed by atoms with Gasteiger partial charge in [0.15, 0.2) is 5.78 Å². The third kappa shape index (κ3) is 2.45. The van der Waals surface area contributed by atoms with Gasteiger partial charge in [-0.1, -0.05) is 0 Å². The van der Waals surface area contributed by atoms with Crippen molar-refractivity contribution in [2.75, 3.05) is 13.7 Å². The summed E-state index contributed by atoms with van der Waals surface area (Å²) < 4.78 is 10.6. The second kappa shape index (κ2) is 5.08. The first-order valence-electron chi connectivity index (χ1n) is 5.74. The molecule has 0 aromatic heterocycles. The van der Waals surface area contributed by atoms with E-state index in [1.165, 1.54) is 14.0 Å². The SMILES string of the molecule is COc1ccc2c(c1)C(=O)C(NC(C)=O)CCO2. The van der Waals surface area contributed by atoms with Crippen molar-refractivity contribution in [3.8, 4) is 11.5 Å². The number of amides is 1. The minimum absolute atomic E-state index is 0.142. The second-order valence-corrected chi connectivity index (χ2v) is 4.12. The lowest BCUT2D eigenvalue weighted by atomic mass is 10.0. The third-order valence-electron chi connectivity index (χ3n) is 2.81. The highest BCUT2D eigenvalue weighted by Crippen LogP contribution is 2.28. The van der Waals surface area contributed by atoms with Crippen LogP contribution in [0.2, 0.25) is 0 Å². The number of benzene rings is 1. The van der Waals surface area contributed by atoms with E-state index in [2.05, 4.69) is 5.32 Å². The van der Waals surface area contributed by atoms with Crippen molar-refractivity contribution in [2.45, 2.75) is 19.4 Å². The Morgan fingerprint density at radius 3 is 2.94 bits per heavy atom. The number of methoxy groups -OCH3 is 1. The van der Waals surface area contributed by atoms with Crippen LogP contribution < -0.4 is 14.8 Å². The van der Waals surface area contributed by atoms with Crippen LogP contribution in [0.1, 0.15) is 23.7 Å². The monoisotopic (exact) mass is 249 g/mol. The molecule has 5 heteroatoms. The first-order chi connectivity index (χ1) is 8.61. The zero-order valence-corrected chi connectivity index (χ0v) is 10.4. The summed E-state index contributed by atoms with van der Waals surface area (Å²) in [6.07, 6.45) is 0.468. The molecule has 1 unspecified atom stereocenters. The molecule has 0 saturated heterocycles. The summed E-state index contributed by atoms with van der Waals surface area (Å²) in [4.78, 5) is 23.4. The number of ether oxygens (including phenoxy) is 2. The van der Waals surface area contributed by atoms with Crippen LogP contribution in [-0.4, -0.2) is 31.4 Å². The topological polar surface area (TPSA) is 64.6 Å². The second-order valence-electron chi connectivity index (χ2n) is 4.12. The average Bonchev–Trinajstić information content (AvgIpc) is 2.49. The summed E-state index contributed by atoms with van der Waals surface area (Å²) in [5, 5.41) is 2.64. The van der Waals surface area contributed by atoms with Crippen LogP contribution in [0, 0.1) is 0 Å². The fraction of sp³-hybridized carbons (Fsp3) is 0.385. The van der Waals surface area contributed by atoms with Gasteiger partial charge in [0.25, 0.3) is 0 Å². The molecule has 0 bridgehead atoms. The molecule has 1 heterocycles. The molecule has 2 rings (SSSR count). The molecule has 96 valence electrons. The summed E-state index contributed by atoms with van der Waals surface area (Å²) >= 11 is 0. The van der Waals surface area contributed by atoms with Gasteiger partial charge in [0.2, 0.25) is 5.91 Å². The van der Waals surface area contributed by atoms with Crippen molar-refractivity contribution in [1.82, 2.24) is 5.32 Å². The van der Waals surface area contributed by atoms with Crippen LogP contribution in [0.15, 0.2) is 18.2 Å². The maximum atomic E-state index is 12.3. The van der Waals surface area contributed by atoms with Crippen LogP contribution in [0.5, 0.6) is 11.5 Å². The molecule has 1 N–H and O–H groups in total. The third-order valence-corrected chi connectivity index (χ3v) is 2.81. The lowest BCUT2D eigenvalue weighted by Gasteiger charge is -2.13. The van der Waals surface area contributed by atoms with Crippen LogP contribution in [-0.2, 0) is 4.79 Å². The standard InChI is InChI=1S/C13H15NO4/c1-8(15)14-11-5-6-18-12-4-3-9(17-2)7-10(12)13(11)16/h3-4,7,11H,5-6H2,1-2H3,(H,14,15). The summed E-state index contributed by atoms with van der Waals surface area (Å²) in [6, 6.07) is 4.56. The Hall–Kier alpha value is -2.04. The molecule has 1 aromatic carbocycles. The smallest absolute Gasteiger partial charge is 0.217 e. The molecule has 0 aliphatic carbocycles. The average molecular weight is 249 g/mol. The zero-order valence-electron chi connectivity index (χ0n) is 10.4. The van der Waals surface area contributed by atoms with Crippen molar-refractivity contribution in [3.05, 3.63) is 23.8 Å². The zero-order chi connectivity index (χ0) is 13.1. The lowest BCUT2D eigenvalue weighted by molar-refractivity contribution is -0.119. The van der Waals surface area contributed by atoms with Crippen LogP contribution >= 0.6 is 0 Å². The van der Waals surface area contributed by atoms with Crippen LogP contribution in [0.4, 0.5) is 0 Å². The number of carbonyl (C=O) groups excluding carboxylic acids is 2. The van der Waals surface area contributed by atoms with Crippen LogP contribution in [0.3, 0.4) is 0 Å². The van der Waals surface area contributed by atoms with Crippen molar-refractivity contribution in [1.29, 1.82) is 0 Å². The lowest BCUT2D eigenvalue weighted by Crippen LogP contribution is -2.39. The summed E-state index contributed by atoms with van der Waals surface area (Å²) in [7, 11) is 1.54. The molecule has 1 atom stereocenters. The van der Waals surface area contributed by atoms with Gasteiger partial charge in [-0.15, -0.1) is 0 Å². The largest absolute Gasteiger partial charge is 0.497 e. The Balaban J connectivity index is 2.34. The molecule has 0 saturated carbocycles. The molecular weight excluding hydrogens is 234 g/mol. The highest BCUT2D eigenvalue weighted by molar-refractivity contribution is 6.04. The fourth-order valence-corrected chi connectivity index (χ4v) is 1.94. The molecule has 18 heavy (non-hydrogen) atoms. The van der Waals surface area contributed by atoms with Gasteiger partial charge < -0.3 is 14.8 Å². The van der Waals surface area contributed by atoms with E-state index < -0.39 is 6.04 Å². The summed E-state index contributed by atoms with van der Waals surface area (Å²) in [5.74, 6) is 0.763. The van der Waals surface area contributed by atoms with E-state index >= 15 is 0 Å². The normalized spacial score (nSPS) is 18.3. The Bertz CT molecular complexity index is 484. The van der Waals surface area contributed by atoms with E-state index in [0.29, 0.717) is 30.1 Å². The van der Waals surface area contributed by atoms with Gasteiger partial charge in [0, 0.05) is 13.3 Å². The van der Waals surface area contributed by atoms with Gasteiger partial charge in [0.05, 0.1) is 25.3 Å². The molecule has 0 fully saturated rings. The molecule has 0 radical (unpaired) electrons. The minimum Gasteiger partial charge on any atom is -0.497 e. The molecule has 1 aromatic rings. The molecule has 1 aliphatic heterocycles. The first kappa shape index (κ1) is 12.4. The van der Waals surface area contributed by atoms with Crippen molar-refractivity contribution < 1.29 is 19.1 Å². The molecular formula is C13H15NO4. The van der Waals surface area contributed by atoms with Gasteiger partial charge in [-0.05, 0) is 18.2 Å². The summed E-state index contributed by atoms with van der Waals surface area (Å²) in [6.45, 7) is 1.79. The van der Waals surface area contributed by atoms with Gasteiger partial charge >= 0.3 is 0 Å². The predicted molar refractivity (Wildman–Crippen MR) is 65.0 cm³/mol. The van der Waals surface area contributed by atoms with Crippen LogP contribution in [0.25, 0.3) is 0 Å². The Labute approximate surface area is 105 Å². The number of hydrogen-bond acceptors (Lipinski definition) is 4. The number of carbonyl (C=O) groups is 2. The van der Waals surface area contributed by atoms with E-state index in [4.69, 9.17) is 9.47 Å². The first-order valence-corrected chi connectivity index (χ1v) is 5.74. The molecule has 0 spiro atoms. The predicted octanol–water partition coefficient (Wildman–Crippen LogP) is 1.17. The number of Topliss-reactive ketones (excluding diaryl/α,β-unsaturated/α-hetero) is 1. The Morgan fingerprint density at radius 2 is 2.28 bits per heavy atom. The van der Waals surface area contributed by atoms with E-state index in [1.807, 2.05) is 0 Å². The number of hydrogen-bond donors (Lipinski definition) is 1. The Morgan fingerprint density at radius 1 is 1.50 bits per heavy atom. The van der Waals surface area contributed by atoms with Gasteiger partial charge in [-0.2, -0.15) is 0 Å². The number of fused-ring (bicyclic) bond motifs is 1. The maximum absolute atomic E-state index is 12.3. The van der Waals surface area contributed by atoms with E-state index in [9.17, 15) is 9.59 Å². The fourth-order valence-electron chi connectivity index (χ4n) is 1.94. The Kier molecular flexibility index (Phi) is 3.50. The molecule has 1 aliphatic rings. The quantitative estimate of drug-likeness (QED) is 0.854. The number of nitrogens with one attached hydrogen (secondary N) is 1. The number of rotatable bonds is 2. The molecule has 1 amide bonds. The van der Waals surface area contributed by atoms with Gasteiger partial charge in [0.1, 0.15) is 11.5 Å². The maximum Gasteiger partial charge on any atom is 0.217 e. The van der Waals surface area contributed by atoms with E-state index in [-0.39, 0.29) is 11.7 Å². The summed E-state index contributed by atoms with van der Waals surface area (Å²) in [5.41, 5.74) is 0.450. The van der Waals surface area contributed by atoms with E-state index in [0.717, 1.165) is 0 Å². The number of ketones is 1. The highest BCUT2D eigenvalue weighted by Gasteiger charge is 2.27. The van der Waals surface area contributed by atoms with Gasteiger partial charge in [-0.3, -0.25) is 9.59 Å². The van der Waals surface area contributed by atoms with E-state index in [1.54, 1.807) is 18.2 Å². The minimum atomic E-state index is -0.532. The highest BCUT2D eigenvalue weighted by atomic mass is 16.5. The van der Waals surface area contributed by atoms with Gasteiger partial charge in [-0.25, -0.2) is 0 Å². The van der Waals surface area contributed by atoms with Crippen molar-refractivity contribution in [2.24, 2.45) is 0 Å². The molecule has 5 nitrogen and oxygen atoms in total. The van der Waals surface area contributed by atoms with Crippen molar-refractivity contribution >= 4 is 11.7 Å². The van der Waals surface area contributed by atoms with Crippen molar-refractivity contribution in [3.63, 3.8) is 0 Å².